The highest BCUT2D eigenvalue weighted by Gasteiger charge is 2.31. The number of ether oxygens (including phenoxy) is 1. The normalized spacial score (nSPS) is 13.9. The van der Waals surface area contributed by atoms with Gasteiger partial charge in [0.2, 0.25) is 5.76 Å². The van der Waals surface area contributed by atoms with E-state index in [1.165, 1.54) is 13.2 Å². The molecule has 0 saturated heterocycles. The second-order valence-electron chi connectivity index (χ2n) is 4.21. The molecular formula is C14H13BrO4. The van der Waals surface area contributed by atoms with Crippen molar-refractivity contribution in [3.8, 4) is 0 Å². The molecule has 0 aliphatic carbocycles. The maximum atomic E-state index is 11.4. The molecule has 1 atom stereocenters. The number of hydrogen-bond donors (Lipinski definition) is 1. The van der Waals surface area contributed by atoms with Gasteiger partial charge in [0, 0.05) is 10.0 Å². The zero-order chi connectivity index (χ0) is 14.0. The standard InChI is InChI=1S/C14H13BrO4/c1-14(17,9-5-3-4-6-10(9)15)12-8-7-11(19-12)13(16)18-2/h3-8,17H,1-2H3. The van der Waals surface area contributed by atoms with Crippen molar-refractivity contribution in [3.05, 3.63) is 58.0 Å². The molecule has 0 saturated carbocycles. The van der Waals surface area contributed by atoms with Crippen molar-refractivity contribution in [1.82, 2.24) is 0 Å². The lowest BCUT2D eigenvalue weighted by Gasteiger charge is -2.22. The minimum absolute atomic E-state index is 0.0600. The van der Waals surface area contributed by atoms with Gasteiger partial charge in [-0.25, -0.2) is 4.79 Å². The highest BCUT2D eigenvalue weighted by molar-refractivity contribution is 9.10. The number of halogens is 1. The summed E-state index contributed by atoms with van der Waals surface area (Å²) >= 11 is 3.39. The zero-order valence-corrected chi connectivity index (χ0v) is 12.1. The van der Waals surface area contributed by atoms with Crippen molar-refractivity contribution in [2.45, 2.75) is 12.5 Å². The number of methoxy groups -OCH3 is 1. The number of benzene rings is 1. The largest absolute Gasteiger partial charge is 0.463 e. The van der Waals surface area contributed by atoms with E-state index in [4.69, 9.17) is 4.42 Å². The molecule has 100 valence electrons. The number of hydrogen-bond acceptors (Lipinski definition) is 4. The molecule has 1 unspecified atom stereocenters. The Kier molecular flexibility index (Phi) is 3.78. The molecule has 0 fully saturated rings. The molecule has 0 aliphatic heterocycles. The highest BCUT2D eigenvalue weighted by atomic mass is 79.9. The van der Waals surface area contributed by atoms with E-state index in [-0.39, 0.29) is 11.5 Å². The average molecular weight is 325 g/mol. The van der Waals surface area contributed by atoms with Crippen LogP contribution >= 0.6 is 15.9 Å². The molecule has 1 heterocycles. The Morgan fingerprint density at radius 3 is 2.63 bits per heavy atom. The SMILES string of the molecule is COC(=O)c1ccc(C(C)(O)c2ccccc2Br)o1. The van der Waals surface area contributed by atoms with Crippen molar-refractivity contribution < 1.29 is 19.1 Å². The monoisotopic (exact) mass is 324 g/mol. The van der Waals surface area contributed by atoms with Gasteiger partial charge in [-0.3, -0.25) is 0 Å². The Hall–Kier alpha value is -1.59. The van der Waals surface area contributed by atoms with E-state index >= 15 is 0 Å². The maximum absolute atomic E-state index is 11.4. The number of carbonyl (C=O) groups is 1. The van der Waals surface area contributed by atoms with E-state index in [0.717, 1.165) is 4.47 Å². The molecule has 19 heavy (non-hydrogen) atoms. The van der Waals surface area contributed by atoms with Gasteiger partial charge < -0.3 is 14.3 Å². The quantitative estimate of drug-likeness (QED) is 0.881. The van der Waals surface area contributed by atoms with Crippen LogP contribution in [0.2, 0.25) is 0 Å². The van der Waals surface area contributed by atoms with Gasteiger partial charge in [0.15, 0.2) is 0 Å². The predicted octanol–water partition coefficient (Wildman–Crippen LogP) is 3.08. The topological polar surface area (TPSA) is 59.7 Å². The van der Waals surface area contributed by atoms with Crippen LogP contribution in [0.15, 0.2) is 45.3 Å². The van der Waals surface area contributed by atoms with Crippen LogP contribution in [0.25, 0.3) is 0 Å². The molecule has 1 N–H and O–H groups in total. The summed E-state index contributed by atoms with van der Waals surface area (Å²) in [5.74, 6) is -0.237. The molecule has 4 nitrogen and oxygen atoms in total. The predicted molar refractivity (Wildman–Crippen MR) is 72.9 cm³/mol. The summed E-state index contributed by atoms with van der Waals surface area (Å²) in [5.41, 5.74) is -0.687. The van der Waals surface area contributed by atoms with Crippen LogP contribution in [0.1, 0.15) is 28.8 Å². The van der Waals surface area contributed by atoms with Gasteiger partial charge in [-0.1, -0.05) is 34.1 Å². The lowest BCUT2D eigenvalue weighted by atomic mass is 9.93. The summed E-state index contributed by atoms with van der Waals surface area (Å²) in [4.78, 5) is 11.4. The molecule has 0 spiro atoms. The molecule has 1 aromatic carbocycles. The maximum Gasteiger partial charge on any atom is 0.373 e. The van der Waals surface area contributed by atoms with Crippen molar-refractivity contribution in [1.29, 1.82) is 0 Å². The fraction of sp³-hybridized carbons (Fsp3) is 0.214. The van der Waals surface area contributed by atoms with E-state index in [1.807, 2.05) is 18.2 Å². The first-order valence-corrected chi connectivity index (χ1v) is 6.42. The lowest BCUT2D eigenvalue weighted by molar-refractivity contribution is 0.0521. The van der Waals surface area contributed by atoms with Gasteiger partial charge in [-0.15, -0.1) is 0 Å². The Labute approximate surface area is 119 Å². The summed E-state index contributed by atoms with van der Waals surface area (Å²) < 4.78 is 10.7. The van der Waals surface area contributed by atoms with Crippen LogP contribution in [0.4, 0.5) is 0 Å². The van der Waals surface area contributed by atoms with E-state index in [0.29, 0.717) is 5.56 Å². The minimum Gasteiger partial charge on any atom is -0.463 e. The van der Waals surface area contributed by atoms with Crippen molar-refractivity contribution >= 4 is 21.9 Å². The van der Waals surface area contributed by atoms with Crippen LogP contribution < -0.4 is 0 Å². The van der Waals surface area contributed by atoms with Gasteiger partial charge in [-0.2, -0.15) is 0 Å². The second-order valence-corrected chi connectivity index (χ2v) is 5.06. The molecular weight excluding hydrogens is 312 g/mol. The third-order valence-corrected chi connectivity index (χ3v) is 3.56. The van der Waals surface area contributed by atoms with E-state index in [2.05, 4.69) is 20.7 Å². The van der Waals surface area contributed by atoms with Gasteiger partial charge in [0.05, 0.1) is 7.11 Å². The number of carbonyl (C=O) groups excluding carboxylic acids is 1. The molecule has 5 heteroatoms. The van der Waals surface area contributed by atoms with Crippen LogP contribution in [-0.4, -0.2) is 18.2 Å². The first-order chi connectivity index (χ1) is 8.96. The summed E-state index contributed by atoms with van der Waals surface area (Å²) in [6.45, 7) is 1.60. The number of furan rings is 1. The van der Waals surface area contributed by atoms with Gasteiger partial charge >= 0.3 is 5.97 Å². The van der Waals surface area contributed by atoms with Crippen LogP contribution in [0, 0.1) is 0 Å². The highest BCUT2D eigenvalue weighted by Crippen LogP contribution is 2.34. The molecule has 0 radical (unpaired) electrons. The Bertz CT molecular complexity index is 601. The van der Waals surface area contributed by atoms with Crippen LogP contribution in [0.5, 0.6) is 0 Å². The smallest absolute Gasteiger partial charge is 0.373 e. The molecule has 1 aromatic heterocycles. The summed E-state index contributed by atoms with van der Waals surface area (Å²) in [6.07, 6.45) is 0. The van der Waals surface area contributed by atoms with Crippen LogP contribution in [-0.2, 0) is 10.3 Å². The zero-order valence-electron chi connectivity index (χ0n) is 10.5. The fourth-order valence-corrected chi connectivity index (χ4v) is 2.47. The summed E-state index contributed by atoms with van der Waals surface area (Å²) in [5, 5.41) is 10.6. The Morgan fingerprint density at radius 2 is 2.00 bits per heavy atom. The third kappa shape index (κ3) is 2.57. The minimum atomic E-state index is -1.34. The van der Waals surface area contributed by atoms with E-state index in [9.17, 15) is 9.90 Å². The average Bonchev–Trinajstić information content (AvgIpc) is 2.88. The van der Waals surface area contributed by atoms with Gasteiger partial charge in [0.1, 0.15) is 11.4 Å². The summed E-state index contributed by atoms with van der Waals surface area (Å²) in [7, 11) is 1.27. The van der Waals surface area contributed by atoms with Crippen LogP contribution in [0.3, 0.4) is 0 Å². The number of aliphatic hydroxyl groups is 1. The lowest BCUT2D eigenvalue weighted by Crippen LogP contribution is -2.22. The van der Waals surface area contributed by atoms with E-state index < -0.39 is 11.6 Å². The molecule has 0 bridgehead atoms. The van der Waals surface area contributed by atoms with Gasteiger partial charge in [0.25, 0.3) is 0 Å². The Morgan fingerprint density at radius 1 is 1.32 bits per heavy atom. The summed E-state index contributed by atoms with van der Waals surface area (Å²) in [6, 6.07) is 10.3. The van der Waals surface area contributed by atoms with Crippen molar-refractivity contribution in [3.63, 3.8) is 0 Å². The molecule has 2 rings (SSSR count). The number of esters is 1. The molecule has 0 aliphatic rings. The first-order valence-electron chi connectivity index (χ1n) is 5.63. The van der Waals surface area contributed by atoms with Crippen molar-refractivity contribution in [2.75, 3.05) is 7.11 Å². The number of rotatable bonds is 3. The van der Waals surface area contributed by atoms with Crippen molar-refractivity contribution in [2.24, 2.45) is 0 Å². The Balaban J connectivity index is 2.42. The molecule has 0 amide bonds. The fourth-order valence-electron chi connectivity index (χ4n) is 1.80. The third-order valence-electron chi connectivity index (χ3n) is 2.87. The first kappa shape index (κ1) is 13.8. The van der Waals surface area contributed by atoms with Gasteiger partial charge in [-0.05, 0) is 25.1 Å². The molecule has 2 aromatic rings. The second kappa shape index (κ2) is 5.19. The van der Waals surface area contributed by atoms with E-state index in [1.54, 1.807) is 19.1 Å².